The number of carbonyl (C=O) groups excluding carboxylic acids is 3. The highest BCUT2D eigenvalue weighted by Gasteiger charge is 2.35. The SMILES string of the molecule is COc1ccc(C(=O)Oc2ccccc2/C=C2\SC(=O)N(Cc3ccc4ccccc4c3)C2=O)cc1. The molecule has 0 aliphatic carbocycles. The predicted octanol–water partition coefficient (Wildman–Crippen LogP) is 6.30. The second kappa shape index (κ2) is 10.1. The third-order valence-electron chi connectivity index (χ3n) is 5.76. The average Bonchev–Trinajstić information content (AvgIpc) is 3.17. The minimum atomic E-state index is -0.539. The van der Waals surface area contributed by atoms with Crippen LogP contribution >= 0.6 is 11.8 Å². The largest absolute Gasteiger partial charge is 0.497 e. The molecule has 0 radical (unpaired) electrons. The Morgan fingerprint density at radius 3 is 2.39 bits per heavy atom. The number of hydrogen-bond donors (Lipinski definition) is 0. The number of fused-ring (bicyclic) bond motifs is 1. The van der Waals surface area contributed by atoms with E-state index >= 15 is 0 Å². The number of carbonyl (C=O) groups is 3. The molecule has 5 rings (SSSR count). The monoisotopic (exact) mass is 495 g/mol. The van der Waals surface area contributed by atoms with Gasteiger partial charge in [0.05, 0.1) is 24.1 Å². The van der Waals surface area contributed by atoms with E-state index in [1.54, 1.807) is 61.7 Å². The summed E-state index contributed by atoms with van der Waals surface area (Å²) >= 11 is 0.872. The van der Waals surface area contributed by atoms with Gasteiger partial charge in [0, 0.05) is 5.56 Å². The molecule has 0 saturated carbocycles. The van der Waals surface area contributed by atoms with Gasteiger partial charge in [-0.05, 0) is 70.6 Å². The molecule has 6 nitrogen and oxygen atoms in total. The molecule has 0 bridgehead atoms. The van der Waals surface area contributed by atoms with Crippen molar-refractivity contribution in [1.82, 2.24) is 4.90 Å². The molecule has 7 heteroatoms. The predicted molar refractivity (Wildman–Crippen MR) is 140 cm³/mol. The molecular formula is C29H21NO5S. The first kappa shape index (κ1) is 23.4. The van der Waals surface area contributed by atoms with Gasteiger partial charge in [-0.1, -0.05) is 54.6 Å². The van der Waals surface area contributed by atoms with Crippen molar-refractivity contribution in [2.75, 3.05) is 7.11 Å². The minimum absolute atomic E-state index is 0.181. The molecule has 0 aromatic heterocycles. The third kappa shape index (κ3) is 4.87. The smallest absolute Gasteiger partial charge is 0.343 e. The van der Waals surface area contributed by atoms with E-state index in [9.17, 15) is 14.4 Å². The zero-order valence-electron chi connectivity index (χ0n) is 19.3. The standard InChI is InChI=1S/C29H21NO5S/c1-34-24-14-12-21(13-15-24)28(32)35-25-9-5-4-8-23(25)17-26-27(31)30(29(33)36-26)18-19-10-11-20-6-2-3-7-22(20)16-19/h2-17H,18H2,1H3/b26-17-. The Morgan fingerprint density at radius 2 is 1.61 bits per heavy atom. The lowest BCUT2D eigenvalue weighted by molar-refractivity contribution is -0.123. The number of amides is 2. The van der Waals surface area contributed by atoms with Crippen LogP contribution in [-0.4, -0.2) is 29.1 Å². The summed E-state index contributed by atoms with van der Waals surface area (Å²) in [5, 5.41) is 1.80. The van der Waals surface area contributed by atoms with Crippen LogP contribution in [-0.2, 0) is 11.3 Å². The number of hydrogen-bond acceptors (Lipinski definition) is 6. The second-order valence-electron chi connectivity index (χ2n) is 8.11. The summed E-state index contributed by atoms with van der Waals surface area (Å²) in [5.41, 5.74) is 1.75. The van der Waals surface area contributed by atoms with Crippen LogP contribution in [0.4, 0.5) is 4.79 Å². The van der Waals surface area contributed by atoms with Crippen LogP contribution in [0, 0.1) is 0 Å². The zero-order chi connectivity index (χ0) is 25.1. The molecule has 2 amide bonds. The molecular weight excluding hydrogens is 474 g/mol. The lowest BCUT2D eigenvalue weighted by atomic mass is 10.1. The van der Waals surface area contributed by atoms with E-state index < -0.39 is 5.97 Å². The van der Waals surface area contributed by atoms with Crippen LogP contribution in [0.1, 0.15) is 21.5 Å². The highest BCUT2D eigenvalue weighted by molar-refractivity contribution is 8.18. The van der Waals surface area contributed by atoms with E-state index in [-0.39, 0.29) is 22.6 Å². The molecule has 4 aromatic rings. The first-order valence-electron chi connectivity index (χ1n) is 11.2. The van der Waals surface area contributed by atoms with E-state index in [0.717, 1.165) is 28.1 Å². The highest BCUT2D eigenvalue weighted by atomic mass is 32.2. The van der Waals surface area contributed by atoms with Crippen molar-refractivity contribution < 1.29 is 23.9 Å². The maximum atomic E-state index is 13.1. The number of para-hydroxylation sites is 1. The summed E-state index contributed by atoms with van der Waals surface area (Å²) in [6.45, 7) is 0.181. The van der Waals surface area contributed by atoms with Gasteiger partial charge in [-0.3, -0.25) is 14.5 Å². The number of ether oxygens (including phenoxy) is 2. The summed E-state index contributed by atoms with van der Waals surface area (Å²) in [6.07, 6.45) is 1.59. The molecule has 1 aliphatic rings. The maximum Gasteiger partial charge on any atom is 0.343 e. The Labute approximate surface area is 212 Å². The Balaban J connectivity index is 1.35. The van der Waals surface area contributed by atoms with Crippen molar-refractivity contribution in [3.8, 4) is 11.5 Å². The van der Waals surface area contributed by atoms with Crippen molar-refractivity contribution in [3.63, 3.8) is 0 Å². The number of benzene rings is 4. The van der Waals surface area contributed by atoms with Crippen molar-refractivity contribution in [2.45, 2.75) is 6.54 Å². The van der Waals surface area contributed by atoms with Gasteiger partial charge in [-0.25, -0.2) is 4.79 Å². The molecule has 0 spiro atoms. The summed E-state index contributed by atoms with van der Waals surface area (Å²) in [7, 11) is 1.55. The highest BCUT2D eigenvalue weighted by Crippen LogP contribution is 2.35. The van der Waals surface area contributed by atoms with Crippen molar-refractivity contribution in [2.24, 2.45) is 0 Å². The Bertz CT molecular complexity index is 1510. The van der Waals surface area contributed by atoms with Crippen molar-refractivity contribution in [1.29, 1.82) is 0 Å². The second-order valence-corrected chi connectivity index (χ2v) is 9.10. The number of esters is 1. The first-order valence-corrected chi connectivity index (χ1v) is 12.0. The fourth-order valence-corrected chi connectivity index (χ4v) is 4.71. The summed E-state index contributed by atoms with van der Waals surface area (Å²) in [5.74, 6) is 0.00312. The summed E-state index contributed by atoms with van der Waals surface area (Å²) in [4.78, 5) is 39.9. The molecule has 1 aliphatic heterocycles. The molecule has 0 atom stereocenters. The molecule has 36 heavy (non-hydrogen) atoms. The Kier molecular flexibility index (Phi) is 6.56. The van der Waals surface area contributed by atoms with E-state index in [0.29, 0.717) is 22.6 Å². The van der Waals surface area contributed by atoms with Gasteiger partial charge in [0.15, 0.2) is 0 Å². The first-order chi connectivity index (χ1) is 17.5. The number of imide groups is 1. The molecule has 178 valence electrons. The molecule has 4 aromatic carbocycles. The van der Waals surface area contributed by atoms with Crippen molar-refractivity contribution >= 4 is 45.7 Å². The third-order valence-corrected chi connectivity index (χ3v) is 6.67. The van der Waals surface area contributed by atoms with Crippen LogP contribution in [0.2, 0.25) is 0 Å². The Morgan fingerprint density at radius 1 is 0.889 bits per heavy atom. The fourth-order valence-electron chi connectivity index (χ4n) is 3.88. The van der Waals surface area contributed by atoms with E-state index in [1.165, 1.54) is 4.90 Å². The number of nitrogens with zero attached hydrogens (tertiary/aromatic N) is 1. The molecule has 1 heterocycles. The minimum Gasteiger partial charge on any atom is -0.497 e. The molecule has 1 saturated heterocycles. The van der Waals surface area contributed by atoms with Crippen LogP contribution < -0.4 is 9.47 Å². The Hall–Kier alpha value is -4.36. The summed E-state index contributed by atoms with van der Waals surface area (Å²) < 4.78 is 10.7. The van der Waals surface area contributed by atoms with Gasteiger partial charge in [-0.15, -0.1) is 0 Å². The van der Waals surface area contributed by atoms with Gasteiger partial charge in [0.1, 0.15) is 11.5 Å². The van der Waals surface area contributed by atoms with Gasteiger partial charge < -0.3 is 9.47 Å². The van der Waals surface area contributed by atoms with Crippen LogP contribution in [0.25, 0.3) is 16.8 Å². The van der Waals surface area contributed by atoms with Gasteiger partial charge >= 0.3 is 5.97 Å². The molecule has 0 unspecified atom stereocenters. The van der Waals surface area contributed by atoms with E-state index in [1.807, 2.05) is 42.5 Å². The number of methoxy groups -OCH3 is 1. The summed E-state index contributed by atoms with van der Waals surface area (Å²) in [6, 6.07) is 27.3. The maximum absolute atomic E-state index is 13.1. The lowest BCUT2D eigenvalue weighted by Crippen LogP contribution is -2.27. The van der Waals surface area contributed by atoms with Gasteiger partial charge in [0.2, 0.25) is 0 Å². The average molecular weight is 496 g/mol. The van der Waals surface area contributed by atoms with Crippen LogP contribution in [0.15, 0.2) is 95.9 Å². The van der Waals surface area contributed by atoms with Crippen molar-refractivity contribution in [3.05, 3.63) is 113 Å². The molecule has 1 fully saturated rings. The van der Waals surface area contributed by atoms with E-state index in [4.69, 9.17) is 9.47 Å². The topological polar surface area (TPSA) is 72.9 Å². The van der Waals surface area contributed by atoms with Crippen LogP contribution in [0.5, 0.6) is 11.5 Å². The van der Waals surface area contributed by atoms with Gasteiger partial charge in [0.25, 0.3) is 11.1 Å². The number of thioether (sulfide) groups is 1. The lowest BCUT2D eigenvalue weighted by Gasteiger charge is -2.13. The van der Waals surface area contributed by atoms with E-state index in [2.05, 4.69) is 0 Å². The van der Waals surface area contributed by atoms with Crippen LogP contribution in [0.3, 0.4) is 0 Å². The quantitative estimate of drug-likeness (QED) is 0.177. The normalized spacial score (nSPS) is 14.5. The molecule has 0 N–H and O–H groups in total. The number of rotatable bonds is 6. The zero-order valence-corrected chi connectivity index (χ0v) is 20.2. The van der Waals surface area contributed by atoms with Gasteiger partial charge in [-0.2, -0.15) is 0 Å². The fraction of sp³-hybridized carbons (Fsp3) is 0.0690.